The first kappa shape index (κ1) is 14.3. The zero-order valence-electron chi connectivity index (χ0n) is 11.2. The normalized spacial score (nSPS) is 24.1. The molecule has 0 heterocycles. The second-order valence-corrected chi connectivity index (χ2v) is 7.26. The summed E-state index contributed by atoms with van der Waals surface area (Å²) in [4.78, 5) is 0.289. The van der Waals surface area contributed by atoms with Crippen molar-refractivity contribution in [3.8, 4) is 5.75 Å². The van der Waals surface area contributed by atoms with Crippen molar-refractivity contribution in [3.05, 3.63) is 24.3 Å². The number of hydrogen-bond acceptors (Lipinski definition) is 4. The van der Waals surface area contributed by atoms with Crippen molar-refractivity contribution in [2.45, 2.75) is 49.6 Å². The molecule has 106 valence electrons. The van der Waals surface area contributed by atoms with Gasteiger partial charge in [-0.1, -0.05) is 19.1 Å². The lowest BCUT2D eigenvalue weighted by Crippen LogP contribution is -2.34. The molecule has 0 spiro atoms. The fourth-order valence-corrected chi connectivity index (χ4v) is 3.45. The molecular weight excluding hydrogens is 262 g/mol. The van der Waals surface area contributed by atoms with Gasteiger partial charge < -0.3 is 10.5 Å². The standard InChI is InChI=1S/C14H21NO3S/c1-2-19(16,17)14-9-4-3-8-13(14)18-12-7-5-6-11(15)10-12/h3-4,8-9,11-12H,2,5-7,10,15H2,1H3. The Morgan fingerprint density at radius 1 is 1.32 bits per heavy atom. The summed E-state index contributed by atoms with van der Waals surface area (Å²) in [6, 6.07) is 7.02. The smallest absolute Gasteiger partial charge is 0.181 e. The van der Waals surface area contributed by atoms with E-state index >= 15 is 0 Å². The van der Waals surface area contributed by atoms with Gasteiger partial charge in [-0.05, 0) is 37.8 Å². The van der Waals surface area contributed by atoms with Crippen LogP contribution in [0.2, 0.25) is 0 Å². The highest BCUT2D eigenvalue weighted by Gasteiger charge is 2.23. The lowest BCUT2D eigenvalue weighted by molar-refractivity contribution is 0.141. The minimum absolute atomic E-state index is 0.0250. The zero-order chi connectivity index (χ0) is 13.9. The average Bonchev–Trinajstić information content (AvgIpc) is 2.39. The van der Waals surface area contributed by atoms with Crippen LogP contribution in [0.1, 0.15) is 32.6 Å². The molecule has 0 aliphatic heterocycles. The summed E-state index contributed by atoms with van der Waals surface area (Å²) in [5.41, 5.74) is 5.93. The Hall–Kier alpha value is -1.07. The molecule has 2 N–H and O–H groups in total. The largest absolute Gasteiger partial charge is 0.489 e. The number of rotatable bonds is 4. The molecule has 19 heavy (non-hydrogen) atoms. The summed E-state index contributed by atoms with van der Waals surface area (Å²) >= 11 is 0. The molecule has 1 aromatic rings. The highest BCUT2D eigenvalue weighted by molar-refractivity contribution is 7.91. The van der Waals surface area contributed by atoms with Gasteiger partial charge in [-0.25, -0.2) is 8.42 Å². The summed E-state index contributed by atoms with van der Waals surface area (Å²) in [6.45, 7) is 1.64. The summed E-state index contributed by atoms with van der Waals surface area (Å²) in [5, 5.41) is 0. The van der Waals surface area contributed by atoms with Crippen molar-refractivity contribution >= 4 is 9.84 Å². The SMILES string of the molecule is CCS(=O)(=O)c1ccccc1OC1CCCC(N)C1. The van der Waals surface area contributed by atoms with Gasteiger partial charge in [-0.2, -0.15) is 0 Å². The lowest BCUT2D eigenvalue weighted by Gasteiger charge is -2.28. The van der Waals surface area contributed by atoms with Gasteiger partial charge >= 0.3 is 0 Å². The van der Waals surface area contributed by atoms with Crippen molar-refractivity contribution < 1.29 is 13.2 Å². The van der Waals surface area contributed by atoms with E-state index in [1.54, 1.807) is 31.2 Å². The Morgan fingerprint density at radius 2 is 2.05 bits per heavy atom. The quantitative estimate of drug-likeness (QED) is 0.919. The Bertz CT molecular complexity index is 527. The van der Waals surface area contributed by atoms with Crippen molar-refractivity contribution in [2.75, 3.05) is 5.75 Å². The predicted octanol–water partition coefficient (Wildman–Crippen LogP) is 2.13. The first-order valence-electron chi connectivity index (χ1n) is 6.77. The number of para-hydroxylation sites is 1. The fraction of sp³-hybridized carbons (Fsp3) is 0.571. The maximum absolute atomic E-state index is 12.0. The molecule has 1 aromatic carbocycles. The molecule has 0 saturated heterocycles. The van der Waals surface area contributed by atoms with E-state index in [0.717, 1.165) is 25.7 Å². The third-order valence-electron chi connectivity index (χ3n) is 3.52. The molecular formula is C14H21NO3S. The first-order valence-corrected chi connectivity index (χ1v) is 8.42. The van der Waals surface area contributed by atoms with Crippen molar-refractivity contribution in [1.29, 1.82) is 0 Å². The monoisotopic (exact) mass is 283 g/mol. The van der Waals surface area contributed by atoms with Crippen LogP contribution in [0.4, 0.5) is 0 Å². The van der Waals surface area contributed by atoms with Crippen LogP contribution in [0.15, 0.2) is 29.2 Å². The third-order valence-corrected chi connectivity index (χ3v) is 5.29. The number of hydrogen-bond donors (Lipinski definition) is 1. The highest BCUT2D eigenvalue weighted by atomic mass is 32.2. The topological polar surface area (TPSA) is 69.4 Å². The van der Waals surface area contributed by atoms with Gasteiger partial charge in [0.05, 0.1) is 5.75 Å². The molecule has 1 aliphatic carbocycles. The summed E-state index contributed by atoms with van der Waals surface area (Å²) in [6.07, 6.45) is 3.81. The Kier molecular flexibility index (Phi) is 4.47. The first-order chi connectivity index (χ1) is 9.03. The molecule has 1 saturated carbocycles. The van der Waals surface area contributed by atoms with Crippen molar-refractivity contribution in [2.24, 2.45) is 5.73 Å². The molecule has 2 atom stereocenters. The molecule has 0 radical (unpaired) electrons. The highest BCUT2D eigenvalue weighted by Crippen LogP contribution is 2.28. The number of benzene rings is 1. The fourth-order valence-electron chi connectivity index (χ4n) is 2.43. The number of sulfone groups is 1. The molecule has 0 bridgehead atoms. The molecule has 1 aliphatic rings. The molecule has 0 aromatic heterocycles. The lowest BCUT2D eigenvalue weighted by atomic mass is 9.93. The zero-order valence-corrected chi connectivity index (χ0v) is 12.0. The van der Waals surface area contributed by atoms with Crippen LogP contribution >= 0.6 is 0 Å². The van der Waals surface area contributed by atoms with E-state index in [4.69, 9.17) is 10.5 Å². The maximum Gasteiger partial charge on any atom is 0.181 e. The third kappa shape index (κ3) is 3.48. The van der Waals surface area contributed by atoms with Crippen molar-refractivity contribution in [3.63, 3.8) is 0 Å². The number of ether oxygens (including phenoxy) is 1. The molecule has 2 rings (SSSR count). The van der Waals surface area contributed by atoms with E-state index < -0.39 is 9.84 Å². The minimum Gasteiger partial charge on any atom is -0.489 e. The van der Waals surface area contributed by atoms with Crippen LogP contribution < -0.4 is 10.5 Å². The summed E-state index contributed by atoms with van der Waals surface area (Å²) in [5.74, 6) is 0.542. The second kappa shape index (κ2) is 5.92. The van der Waals surface area contributed by atoms with E-state index in [1.807, 2.05) is 0 Å². The Balaban J connectivity index is 2.21. The van der Waals surface area contributed by atoms with Crippen LogP contribution in [-0.2, 0) is 9.84 Å². The van der Waals surface area contributed by atoms with Gasteiger partial charge in [-0.3, -0.25) is 0 Å². The molecule has 5 heteroatoms. The maximum atomic E-state index is 12.0. The van der Waals surface area contributed by atoms with Crippen molar-refractivity contribution in [1.82, 2.24) is 0 Å². The number of nitrogens with two attached hydrogens (primary N) is 1. The van der Waals surface area contributed by atoms with E-state index in [9.17, 15) is 8.42 Å². The van der Waals surface area contributed by atoms with Gasteiger partial charge in [-0.15, -0.1) is 0 Å². The van der Waals surface area contributed by atoms with E-state index in [-0.39, 0.29) is 22.8 Å². The van der Waals surface area contributed by atoms with Crippen LogP contribution in [0.3, 0.4) is 0 Å². The van der Waals surface area contributed by atoms with E-state index in [0.29, 0.717) is 5.75 Å². The minimum atomic E-state index is -3.25. The molecule has 4 nitrogen and oxygen atoms in total. The van der Waals surface area contributed by atoms with Gasteiger partial charge in [0.2, 0.25) is 0 Å². The molecule has 1 fully saturated rings. The average molecular weight is 283 g/mol. The summed E-state index contributed by atoms with van der Waals surface area (Å²) < 4.78 is 29.9. The predicted molar refractivity (Wildman–Crippen MR) is 75.0 cm³/mol. The molecule has 2 unspecified atom stereocenters. The van der Waals surface area contributed by atoms with Gasteiger partial charge in [0.15, 0.2) is 9.84 Å². The summed E-state index contributed by atoms with van der Waals surface area (Å²) in [7, 11) is -3.25. The molecule has 0 amide bonds. The van der Waals surface area contributed by atoms with Gasteiger partial charge in [0.25, 0.3) is 0 Å². The van der Waals surface area contributed by atoms with Crippen LogP contribution in [-0.4, -0.2) is 26.3 Å². The Morgan fingerprint density at radius 3 is 2.74 bits per heavy atom. The van der Waals surface area contributed by atoms with E-state index in [1.165, 1.54) is 0 Å². The van der Waals surface area contributed by atoms with Crippen LogP contribution in [0.25, 0.3) is 0 Å². The van der Waals surface area contributed by atoms with Gasteiger partial charge in [0, 0.05) is 6.04 Å². The second-order valence-electron chi connectivity index (χ2n) is 5.02. The van der Waals surface area contributed by atoms with Crippen LogP contribution in [0.5, 0.6) is 5.75 Å². The van der Waals surface area contributed by atoms with Crippen LogP contribution in [0, 0.1) is 0 Å². The Labute approximate surface area is 114 Å². The van der Waals surface area contributed by atoms with Gasteiger partial charge in [0.1, 0.15) is 16.7 Å². The van der Waals surface area contributed by atoms with E-state index in [2.05, 4.69) is 0 Å².